The quantitative estimate of drug-likeness (QED) is 0.533. The lowest BCUT2D eigenvalue weighted by atomic mass is 10.1. The van der Waals surface area contributed by atoms with E-state index in [0.29, 0.717) is 19.3 Å². The van der Waals surface area contributed by atoms with Crippen LogP contribution in [0.25, 0.3) is 0 Å². The summed E-state index contributed by atoms with van der Waals surface area (Å²) < 4.78 is 0. The van der Waals surface area contributed by atoms with Gasteiger partial charge < -0.3 is 20.8 Å². The van der Waals surface area contributed by atoms with Gasteiger partial charge in [-0.2, -0.15) is 0 Å². The standard InChI is InChI=1S/C9H12N2O3.C6H11NO3.CH4/c1-6(12)11-8(9(13)14)4-7-2-3-10-5-7;1-3-5(6(9)10)7-4(2)8;/h3,5,8H,2,4H2,1H3,(H,11,12)(H,13,14);5H,3H2,1-2H3,(H,7,8)(H,9,10);1H4. The first-order chi connectivity index (χ1) is 11.2. The molecule has 0 bridgehead atoms. The molecule has 1 heterocycles. The van der Waals surface area contributed by atoms with E-state index >= 15 is 0 Å². The van der Waals surface area contributed by atoms with E-state index in [1.54, 1.807) is 19.3 Å². The molecule has 2 unspecified atom stereocenters. The Balaban J connectivity index is 0. The molecule has 1 aliphatic rings. The van der Waals surface area contributed by atoms with E-state index < -0.39 is 24.0 Å². The van der Waals surface area contributed by atoms with E-state index in [-0.39, 0.29) is 19.2 Å². The lowest BCUT2D eigenvalue weighted by Gasteiger charge is -2.12. The van der Waals surface area contributed by atoms with Crippen molar-refractivity contribution in [2.45, 2.75) is 59.5 Å². The number of rotatable bonds is 7. The van der Waals surface area contributed by atoms with Crippen molar-refractivity contribution < 1.29 is 29.4 Å². The highest BCUT2D eigenvalue weighted by Gasteiger charge is 2.20. The summed E-state index contributed by atoms with van der Waals surface area (Å²) in [5, 5.41) is 21.9. The van der Waals surface area contributed by atoms with E-state index in [1.165, 1.54) is 13.8 Å². The molecule has 2 atom stereocenters. The number of hydrogen-bond donors (Lipinski definition) is 4. The van der Waals surface area contributed by atoms with E-state index in [9.17, 15) is 19.2 Å². The van der Waals surface area contributed by atoms with Gasteiger partial charge in [-0.25, -0.2) is 9.59 Å². The molecule has 0 aromatic heterocycles. The average Bonchev–Trinajstić information content (AvgIpc) is 2.96. The Morgan fingerprint density at radius 1 is 1.08 bits per heavy atom. The fourth-order valence-electron chi connectivity index (χ4n) is 1.81. The normalized spacial score (nSPS) is 14.0. The average molecular weight is 357 g/mol. The van der Waals surface area contributed by atoms with Crippen LogP contribution in [0.15, 0.2) is 16.8 Å². The summed E-state index contributed by atoms with van der Waals surface area (Å²) in [4.78, 5) is 45.9. The fourth-order valence-corrected chi connectivity index (χ4v) is 1.81. The van der Waals surface area contributed by atoms with Gasteiger partial charge in [-0.15, -0.1) is 0 Å². The van der Waals surface area contributed by atoms with Gasteiger partial charge in [-0.3, -0.25) is 14.6 Å². The maximum Gasteiger partial charge on any atom is 0.326 e. The highest BCUT2D eigenvalue weighted by molar-refractivity contribution is 5.83. The Kier molecular flexibility index (Phi) is 12.4. The number of carbonyl (C=O) groups excluding carboxylic acids is 2. The van der Waals surface area contributed by atoms with Gasteiger partial charge in [0.25, 0.3) is 0 Å². The van der Waals surface area contributed by atoms with Crippen molar-refractivity contribution >= 4 is 30.0 Å². The minimum absolute atomic E-state index is 0. The lowest BCUT2D eigenvalue weighted by Crippen LogP contribution is -2.39. The van der Waals surface area contributed by atoms with Gasteiger partial charge >= 0.3 is 11.9 Å². The Hall–Kier alpha value is -2.71. The molecule has 0 saturated carbocycles. The van der Waals surface area contributed by atoms with Crippen LogP contribution < -0.4 is 10.6 Å². The zero-order valence-corrected chi connectivity index (χ0v) is 13.9. The molecule has 9 heteroatoms. The number of hydrogen-bond acceptors (Lipinski definition) is 5. The second-order valence-corrected chi connectivity index (χ2v) is 5.12. The van der Waals surface area contributed by atoms with E-state index in [0.717, 1.165) is 5.57 Å². The fraction of sp³-hybridized carbons (Fsp3) is 0.562. The third-order valence-corrected chi connectivity index (χ3v) is 2.94. The van der Waals surface area contributed by atoms with Crippen LogP contribution in [0, 0.1) is 0 Å². The van der Waals surface area contributed by atoms with Crippen molar-refractivity contribution in [3.05, 3.63) is 11.8 Å². The van der Waals surface area contributed by atoms with Crippen molar-refractivity contribution in [3.63, 3.8) is 0 Å². The molecule has 0 radical (unpaired) electrons. The molecule has 0 aromatic rings. The SMILES string of the molecule is C.CC(=O)NC(CC1=CN=CC1)C(=O)O.CCC(NC(C)=O)C(=O)O. The maximum absolute atomic E-state index is 10.7. The van der Waals surface area contributed by atoms with Gasteiger partial charge in [0.05, 0.1) is 0 Å². The van der Waals surface area contributed by atoms with Crippen LogP contribution in [-0.4, -0.2) is 52.3 Å². The van der Waals surface area contributed by atoms with Crippen molar-refractivity contribution in [2.75, 3.05) is 0 Å². The number of aliphatic imine (C=N–C) groups is 1. The van der Waals surface area contributed by atoms with Crippen molar-refractivity contribution in [1.82, 2.24) is 10.6 Å². The Morgan fingerprint density at radius 2 is 1.56 bits per heavy atom. The van der Waals surface area contributed by atoms with Crippen molar-refractivity contribution in [1.29, 1.82) is 0 Å². The van der Waals surface area contributed by atoms with E-state index in [4.69, 9.17) is 10.2 Å². The van der Waals surface area contributed by atoms with Gasteiger partial charge in [-0.1, -0.05) is 14.4 Å². The second-order valence-electron chi connectivity index (χ2n) is 5.12. The molecule has 4 N–H and O–H groups in total. The molecule has 9 nitrogen and oxygen atoms in total. The van der Waals surface area contributed by atoms with Crippen LogP contribution in [0.3, 0.4) is 0 Å². The predicted molar refractivity (Wildman–Crippen MR) is 93.3 cm³/mol. The van der Waals surface area contributed by atoms with E-state index in [2.05, 4.69) is 15.6 Å². The van der Waals surface area contributed by atoms with Crippen LogP contribution in [-0.2, 0) is 19.2 Å². The van der Waals surface area contributed by atoms with E-state index in [1.807, 2.05) is 0 Å². The first kappa shape index (κ1) is 24.5. The van der Waals surface area contributed by atoms with Gasteiger partial charge in [0, 0.05) is 39.1 Å². The molecule has 1 aliphatic heterocycles. The summed E-state index contributed by atoms with van der Waals surface area (Å²) in [6.07, 6.45) is 4.74. The number of amides is 2. The third kappa shape index (κ3) is 11.5. The summed E-state index contributed by atoms with van der Waals surface area (Å²) in [6.45, 7) is 4.30. The Labute approximate surface area is 147 Å². The Morgan fingerprint density at radius 3 is 1.84 bits per heavy atom. The molecule has 0 aromatic carbocycles. The smallest absolute Gasteiger partial charge is 0.326 e. The van der Waals surface area contributed by atoms with Gasteiger partial charge in [0.2, 0.25) is 11.8 Å². The number of nitrogens with zero attached hydrogens (tertiary/aromatic N) is 1. The summed E-state index contributed by atoms with van der Waals surface area (Å²) in [6, 6.07) is -1.59. The van der Waals surface area contributed by atoms with Crippen LogP contribution >= 0.6 is 0 Å². The van der Waals surface area contributed by atoms with Crippen LogP contribution in [0.1, 0.15) is 47.5 Å². The van der Waals surface area contributed by atoms with Crippen molar-refractivity contribution in [3.8, 4) is 0 Å². The summed E-state index contributed by atoms with van der Waals surface area (Å²) >= 11 is 0. The molecular formula is C16H27N3O6. The summed E-state index contributed by atoms with van der Waals surface area (Å²) in [7, 11) is 0. The minimum atomic E-state index is -1.02. The van der Waals surface area contributed by atoms with Crippen LogP contribution in [0.2, 0.25) is 0 Å². The molecule has 0 saturated heterocycles. The number of carboxylic acids is 2. The minimum Gasteiger partial charge on any atom is -0.480 e. The zero-order valence-electron chi connectivity index (χ0n) is 13.9. The predicted octanol–water partition coefficient (Wildman–Crippen LogP) is 0.946. The van der Waals surface area contributed by atoms with Crippen LogP contribution in [0.4, 0.5) is 0 Å². The third-order valence-electron chi connectivity index (χ3n) is 2.94. The number of aliphatic carboxylic acids is 2. The van der Waals surface area contributed by atoms with Gasteiger partial charge in [0.15, 0.2) is 0 Å². The summed E-state index contributed by atoms with van der Waals surface area (Å²) in [5.41, 5.74) is 0.922. The monoisotopic (exact) mass is 357 g/mol. The molecular weight excluding hydrogens is 330 g/mol. The molecule has 0 aliphatic carbocycles. The summed E-state index contributed by atoms with van der Waals surface area (Å²) in [5.74, 6) is -2.66. The highest BCUT2D eigenvalue weighted by Crippen LogP contribution is 2.13. The zero-order chi connectivity index (χ0) is 18.7. The highest BCUT2D eigenvalue weighted by atomic mass is 16.4. The van der Waals surface area contributed by atoms with Crippen LogP contribution in [0.5, 0.6) is 0 Å². The largest absolute Gasteiger partial charge is 0.480 e. The molecule has 0 fully saturated rings. The van der Waals surface area contributed by atoms with Gasteiger partial charge in [-0.05, 0) is 12.0 Å². The molecule has 25 heavy (non-hydrogen) atoms. The molecule has 142 valence electrons. The number of carboxylic acid groups (broad SMARTS) is 2. The first-order valence-electron chi connectivity index (χ1n) is 7.36. The molecule has 2 amide bonds. The number of carbonyl (C=O) groups is 4. The number of nitrogens with one attached hydrogen (secondary N) is 2. The maximum atomic E-state index is 10.7. The topological polar surface area (TPSA) is 145 Å². The second kappa shape index (κ2) is 12.7. The van der Waals surface area contributed by atoms with Gasteiger partial charge in [0.1, 0.15) is 12.1 Å². The lowest BCUT2D eigenvalue weighted by molar-refractivity contribution is -0.142. The Bertz CT molecular complexity index is 542. The first-order valence-corrected chi connectivity index (χ1v) is 7.36. The molecule has 1 rings (SSSR count). The van der Waals surface area contributed by atoms with Crippen molar-refractivity contribution in [2.24, 2.45) is 4.99 Å². The molecule has 0 spiro atoms.